The second-order valence-corrected chi connectivity index (χ2v) is 15.9. The highest BCUT2D eigenvalue weighted by atomic mass is 19.4. The molecule has 0 unspecified atom stereocenters. The number of nitrogens with zero attached hydrogens (tertiary/aromatic N) is 2. The normalized spacial score (nSPS) is 17.0. The van der Waals surface area contributed by atoms with Gasteiger partial charge in [0.25, 0.3) is 5.56 Å². The van der Waals surface area contributed by atoms with E-state index >= 15 is 4.39 Å². The number of aromatic nitrogens is 2. The Bertz CT molecular complexity index is 2730. The number of rotatable bonds is 14. The maximum absolute atomic E-state index is 15.3. The molecule has 0 saturated heterocycles. The lowest BCUT2D eigenvalue weighted by molar-refractivity contribution is -0.192. The van der Waals surface area contributed by atoms with Crippen molar-refractivity contribution in [2.45, 2.75) is 83.0 Å². The molecule has 0 saturated carbocycles. The number of hydrogen-bond acceptors (Lipinski definition) is 12. The molecule has 3 aliphatic rings. The molecule has 4 heterocycles. The molecule has 19 nitrogen and oxygen atoms in total. The van der Waals surface area contributed by atoms with Crippen LogP contribution in [-0.4, -0.2) is 99.6 Å². The highest BCUT2D eigenvalue weighted by Gasteiger charge is 2.46. The number of ether oxygens (including phenoxy) is 1. The molecule has 5 amide bonds. The van der Waals surface area contributed by atoms with Gasteiger partial charge in [0.2, 0.25) is 29.5 Å². The van der Waals surface area contributed by atoms with Crippen molar-refractivity contribution in [1.29, 1.82) is 0 Å². The number of benzene rings is 2. The minimum atomic E-state index is -5.08. The molecule has 1 aliphatic carbocycles. The number of aliphatic hydroxyl groups is 1. The molecule has 0 radical (unpaired) electrons. The van der Waals surface area contributed by atoms with Gasteiger partial charge in [-0.25, -0.2) is 19.0 Å². The monoisotopic (exact) mass is 938 g/mol. The molecular formula is C44H46F4N8O11. The van der Waals surface area contributed by atoms with Gasteiger partial charge in [0.1, 0.15) is 18.5 Å². The largest absolute Gasteiger partial charge is 0.490 e. The minimum absolute atomic E-state index is 0.0316. The lowest BCUT2D eigenvalue weighted by Crippen LogP contribution is -2.52. The Morgan fingerprint density at radius 2 is 1.66 bits per heavy atom. The number of pyridine rings is 2. The van der Waals surface area contributed by atoms with E-state index in [0.717, 1.165) is 11.1 Å². The first-order chi connectivity index (χ1) is 31.7. The SMILES string of the molecule is CC[C@@]1(O)C(=O)OCc2c1cc1n(c2=O)Cc2c-1nc1cc(F)c(C)c3c1c2[C@@H](NC(=O)CCNC(=O)CNC(=O)[C@H](Cc1ccccc1)NC(=O)CNC(=O)CN)CC3.O=C(O)C(F)(F)F. The molecule has 4 aromatic rings. The van der Waals surface area contributed by atoms with Crippen molar-refractivity contribution >= 4 is 52.4 Å². The molecule has 2 aromatic carbocycles. The topological polar surface area (TPSA) is 290 Å². The van der Waals surface area contributed by atoms with E-state index in [4.69, 9.17) is 25.4 Å². The van der Waals surface area contributed by atoms with E-state index < -0.39 is 89.8 Å². The first kappa shape index (κ1) is 49.2. The van der Waals surface area contributed by atoms with Crippen LogP contribution in [0, 0.1) is 12.7 Å². The number of fused-ring (bicyclic) bond motifs is 5. The Kier molecular flexibility index (Phi) is 14.7. The highest BCUT2D eigenvalue weighted by Crippen LogP contribution is 2.46. The maximum atomic E-state index is 15.3. The van der Waals surface area contributed by atoms with Gasteiger partial charge in [-0.1, -0.05) is 37.3 Å². The number of esters is 1. The lowest BCUT2D eigenvalue weighted by atomic mass is 9.81. The number of hydrogen-bond donors (Lipinski definition) is 8. The summed E-state index contributed by atoms with van der Waals surface area (Å²) in [6.45, 7) is 1.87. The maximum Gasteiger partial charge on any atom is 0.490 e. The van der Waals surface area contributed by atoms with Gasteiger partial charge in [-0.3, -0.25) is 28.8 Å². The Morgan fingerprint density at radius 3 is 2.31 bits per heavy atom. The molecular weight excluding hydrogens is 893 g/mol. The fourth-order valence-electron chi connectivity index (χ4n) is 8.19. The number of alkyl halides is 3. The standard InChI is InChI=1S/C42H45FN8O9.C2HF3O2/c1-3-42(59)26-14-31-38-24(19-51(31)40(57)25(26)20-60-41(42)58)37-28(10-9-23-21(2)27(43)15-29(50-38)36(23)37)48-32(52)11-12-45-34(54)17-47-39(56)30(13-22-7-5-4-6-8-22)49-35(55)18-46-33(53)16-44;3-2(4,5)1(6)7/h4-8,14-15,28,30,59H,3,9-13,16-20,44H2,1-2H3,(H,45,54)(H,46,53)(H,47,56)(H,48,52)(H,49,55);(H,6,7)/t28-,30-,42-;/m0./s1. The number of aryl methyl sites for hydroxylation is 1. The van der Waals surface area contributed by atoms with Gasteiger partial charge >= 0.3 is 18.1 Å². The van der Waals surface area contributed by atoms with Gasteiger partial charge in [0.15, 0.2) is 5.60 Å². The number of halogens is 4. The number of nitrogens with one attached hydrogen (secondary N) is 5. The van der Waals surface area contributed by atoms with Crippen molar-refractivity contribution in [3.63, 3.8) is 0 Å². The molecule has 2 aromatic heterocycles. The predicted molar refractivity (Wildman–Crippen MR) is 227 cm³/mol. The molecule has 0 spiro atoms. The first-order valence-electron chi connectivity index (χ1n) is 20.9. The summed E-state index contributed by atoms with van der Waals surface area (Å²) >= 11 is 0. The van der Waals surface area contributed by atoms with Crippen molar-refractivity contribution in [2.24, 2.45) is 5.73 Å². The molecule has 0 fully saturated rings. The molecule has 23 heteroatoms. The highest BCUT2D eigenvalue weighted by molar-refractivity contribution is 5.95. The zero-order valence-corrected chi connectivity index (χ0v) is 36.0. The molecule has 9 N–H and O–H groups in total. The molecule has 67 heavy (non-hydrogen) atoms. The van der Waals surface area contributed by atoms with Crippen LogP contribution in [0.15, 0.2) is 47.3 Å². The second-order valence-electron chi connectivity index (χ2n) is 15.9. The average molecular weight is 939 g/mol. The zero-order chi connectivity index (χ0) is 49.0. The van der Waals surface area contributed by atoms with Crippen LogP contribution in [0.25, 0.3) is 22.3 Å². The van der Waals surface area contributed by atoms with Crippen molar-refractivity contribution in [3.8, 4) is 11.4 Å². The summed E-state index contributed by atoms with van der Waals surface area (Å²) in [7, 11) is 0. The molecule has 7 rings (SSSR count). The molecule has 356 valence electrons. The first-order valence-corrected chi connectivity index (χ1v) is 20.9. The summed E-state index contributed by atoms with van der Waals surface area (Å²) in [6, 6.07) is 10.2. The van der Waals surface area contributed by atoms with Gasteiger partial charge in [-0.05, 0) is 54.5 Å². The fourth-order valence-corrected chi connectivity index (χ4v) is 8.19. The van der Waals surface area contributed by atoms with Crippen molar-refractivity contribution < 1.29 is 66.1 Å². The van der Waals surface area contributed by atoms with Crippen LogP contribution >= 0.6 is 0 Å². The van der Waals surface area contributed by atoms with Gasteiger partial charge < -0.3 is 51.8 Å². The van der Waals surface area contributed by atoms with Crippen LogP contribution < -0.4 is 37.9 Å². The summed E-state index contributed by atoms with van der Waals surface area (Å²) in [5, 5.41) is 32.2. The van der Waals surface area contributed by atoms with E-state index in [1.165, 1.54) is 10.6 Å². The van der Waals surface area contributed by atoms with Crippen molar-refractivity contribution in [3.05, 3.63) is 97.6 Å². The van der Waals surface area contributed by atoms with Crippen LogP contribution in [0.4, 0.5) is 17.6 Å². The van der Waals surface area contributed by atoms with Crippen LogP contribution in [0.2, 0.25) is 0 Å². The number of cyclic esters (lactones) is 1. The van der Waals surface area contributed by atoms with Gasteiger partial charge in [-0.2, -0.15) is 13.2 Å². The molecule has 3 atom stereocenters. The molecule has 2 aliphatic heterocycles. The van der Waals surface area contributed by atoms with Gasteiger partial charge in [0.05, 0.1) is 54.7 Å². The third-order valence-electron chi connectivity index (χ3n) is 11.6. The predicted octanol–water partition coefficient (Wildman–Crippen LogP) is 0.689. The van der Waals surface area contributed by atoms with E-state index in [1.54, 1.807) is 50.2 Å². The number of aliphatic carboxylic acids is 1. The van der Waals surface area contributed by atoms with Crippen LogP contribution in [0.5, 0.6) is 0 Å². The van der Waals surface area contributed by atoms with E-state index in [1.807, 2.05) is 0 Å². The summed E-state index contributed by atoms with van der Waals surface area (Å²) in [4.78, 5) is 104. The number of carbonyl (C=O) groups is 7. The Hall–Kier alpha value is -7.27. The quantitative estimate of drug-likeness (QED) is 0.0563. The summed E-state index contributed by atoms with van der Waals surface area (Å²) in [5.74, 6) is -6.84. The number of carboxylic acids is 1. The second kappa shape index (κ2) is 20.1. The summed E-state index contributed by atoms with van der Waals surface area (Å²) < 4.78 is 53.7. The smallest absolute Gasteiger partial charge is 0.475 e. The summed E-state index contributed by atoms with van der Waals surface area (Å²) in [5.41, 5.74) is 7.46. The van der Waals surface area contributed by atoms with Gasteiger partial charge in [-0.15, -0.1) is 0 Å². The summed E-state index contributed by atoms with van der Waals surface area (Å²) in [6.07, 6.45) is -4.28. The van der Waals surface area contributed by atoms with Crippen molar-refractivity contribution in [2.75, 3.05) is 26.2 Å². The van der Waals surface area contributed by atoms with Crippen LogP contribution in [-0.2, 0) is 69.9 Å². The lowest BCUT2D eigenvalue weighted by Gasteiger charge is -2.31. The van der Waals surface area contributed by atoms with Crippen molar-refractivity contribution in [1.82, 2.24) is 36.1 Å². The number of carbonyl (C=O) groups excluding carboxylic acids is 6. The number of nitrogens with two attached hydrogens (primary N) is 1. The van der Waals surface area contributed by atoms with E-state index in [0.29, 0.717) is 51.8 Å². The zero-order valence-electron chi connectivity index (χ0n) is 36.0. The van der Waals surface area contributed by atoms with Crippen LogP contribution in [0.3, 0.4) is 0 Å². The Morgan fingerprint density at radius 1 is 0.970 bits per heavy atom. The number of amides is 5. The fraction of sp³-hybridized carbons (Fsp3) is 0.386. The van der Waals surface area contributed by atoms with E-state index in [2.05, 4.69) is 26.6 Å². The average Bonchev–Trinajstić information content (AvgIpc) is 3.66. The van der Waals surface area contributed by atoms with E-state index in [-0.39, 0.29) is 56.6 Å². The third kappa shape index (κ3) is 10.6. The van der Waals surface area contributed by atoms with Crippen LogP contribution in [0.1, 0.15) is 71.2 Å². The van der Waals surface area contributed by atoms with Gasteiger partial charge in [0, 0.05) is 42.0 Å². The molecule has 0 bridgehead atoms. The Balaban J connectivity index is 0.000000980. The minimum Gasteiger partial charge on any atom is -0.475 e. The third-order valence-corrected chi connectivity index (χ3v) is 11.6. The van der Waals surface area contributed by atoms with E-state index in [9.17, 15) is 51.8 Å². The number of carboxylic acid groups (broad SMARTS) is 1. The Labute approximate surface area is 377 Å².